The van der Waals surface area contributed by atoms with Gasteiger partial charge in [-0.05, 0) is 111 Å². The molecule has 170 valence electrons. The smallest absolute Gasteiger partial charge is 0.0253 e. The Morgan fingerprint density at radius 3 is 1.22 bits per heavy atom. The summed E-state index contributed by atoms with van der Waals surface area (Å²) in [5.74, 6) is 1.40. The first-order valence-corrected chi connectivity index (χ1v) is 12.5. The van der Waals surface area contributed by atoms with Crippen LogP contribution in [0.1, 0.15) is 71.2 Å². The summed E-state index contributed by atoms with van der Waals surface area (Å²) in [6.45, 7) is 13.7. The van der Waals surface area contributed by atoms with Crippen LogP contribution < -0.4 is 0 Å². The molecule has 32 heavy (non-hydrogen) atoms. The van der Waals surface area contributed by atoms with Crippen LogP contribution >= 0.6 is 0 Å². The van der Waals surface area contributed by atoms with E-state index < -0.39 is 0 Å². The molecule has 0 heterocycles. The van der Waals surface area contributed by atoms with Gasteiger partial charge in [-0.3, -0.25) is 0 Å². The monoisotopic (exact) mass is 426 g/mol. The Morgan fingerprint density at radius 2 is 0.875 bits per heavy atom. The quantitative estimate of drug-likeness (QED) is 0.305. The van der Waals surface area contributed by atoms with Gasteiger partial charge in [-0.1, -0.05) is 85.6 Å². The second-order valence-corrected chi connectivity index (χ2v) is 10.4. The molecule has 2 atom stereocenters. The summed E-state index contributed by atoms with van der Waals surface area (Å²) < 4.78 is 0. The van der Waals surface area contributed by atoms with E-state index in [0.29, 0.717) is 11.8 Å². The molecule has 3 rings (SSSR count). The topological polar surface area (TPSA) is 0 Å². The molecule has 0 saturated carbocycles. The lowest BCUT2D eigenvalue weighted by atomic mass is 9.88. The molecular weight excluding hydrogens is 384 g/mol. The number of aryl methyl sites for hydroxylation is 6. The first-order chi connectivity index (χ1) is 15.3. The first kappa shape index (κ1) is 24.3. The minimum Gasteiger partial charge on any atom is -0.0622 e. The molecule has 0 aromatic heterocycles. The molecular formula is C32H42. The van der Waals surface area contributed by atoms with E-state index >= 15 is 0 Å². The normalized spacial score (nSPS) is 13.2. The Labute approximate surface area is 197 Å². The van der Waals surface area contributed by atoms with E-state index in [9.17, 15) is 0 Å². The van der Waals surface area contributed by atoms with Crippen molar-refractivity contribution in [1.82, 2.24) is 0 Å². The molecule has 0 aliphatic carbocycles. The third kappa shape index (κ3) is 7.37. The summed E-state index contributed by atoms with van der Waals surface area (Å²) in [6.07, 6.45) is 7.23. The third-order valence-corrected chi connectivity index (χ3v) is 7.04. The van der Waals surface area contributed by atoms with Gasteiger partial charge in [-0.25, -0.2) is 0 Å². The number of hydrogen-bond donors (Lipinski definition) is 0. The van der Waals surface area contributed by atoms with E-state index in [4.69, 9.17) is 0 Å². The largest absolute Gasteiger partial charge is 0.0622 e. The van der Waals surface area contributed by atoms with Crippen molar-refractivity contribution >= 4 is 0 Å². The fourth-order valence-electron chi connectivity index (χ4n) is 4.66. The third-order valence-electron chi connectivity index (χ3n) is 7.04. The summed E-state index contributed by atoms with van der Waals surface area (Å²) in [7, 11) is 0. The molecule has 0 radical (unpaired) electrons. The van der Waals surface area contributed by atoms with Gasteiger partial charge in [-0.2, -0.15) is 0 Å². The highest BCUT2D eigenvalue weighted by Gasteiger charge is 2.11. The van der Waals surface area contributed by atoms with Crippen LogP contribution in [-0.2, 0) is 25.7 Å². The minimum atomic E-state index is 0.702. The molecule has 0 bridgehead atoms. The SMILES string of the molecule is Cc1ccc(CC(C)CCc2cc(C)c(C)cc2CCC(C)Cc2ccc(C)cc2)cc1. The minimum absolute atomic E-state index is 0.702. The van der Waals surface area contributed by atoms with Crippen molar-refractivity contribution in [1.29, 1.82) is 0 Å². The van der Waals surface area contributed by atoms with Crippen molar-refractivity contribution in [3.63, 3.8) is 0 Å². The fourth-order valence-corrected chi connectivity index (χ4v) is 4.66. The van der Waals surface area contributed by atoms with Gasteiger partial charge < -0.3 is 0 Å². The molecule has 0 nitrogen and oxygen atoms in total. The predicted octanol–water partition coefficient (Wildman–Crippen LogP) is 8.54. The van der Waals surface area contributed by atoms with Gasteiger partial charge in [0.15, 0.2) is 0 Å². The highest BCUT2D eigenvalue weighted by molar-refractivity contribution is 5.37. The van der Waals surface area contributed by atoms with Crippen LogP contribution in [0.25, 0.3) is 0 Å². The highest BCUT2D eigenvalue weighted by Crippen LogP contribution is 2.24. The van der Waals surface area contributed by atoms with Crippen LogP contribution in [0.3, 0.4) is 0 Å². The van der Waals surface area contributed by atoms with Gasteiger partial charge in [0, 0.05) is 0 Å². The van der Waals surface area contributed by atoms with Crippen molar-refractivity contribution in [2.45, 2.75) is 80.1 Å². The summed E-state index contributed by atoms with van der Waals surface area (Å²) in [4.78, 5) is 0. The summed E-state index contributed by atoms with van der Waals surface area (Å²) in [5.41, 5.74) is 11.6. The van der Waals surface area contributed by atoms with Gasteiger partial charge in [0.2, 0.25) is 0 Å². The second kappa shape index (κ2) is 11.5. The van der Waals surface area contributed by atoms with Crippen molar-refractivity contribution in [2.24, 2.45) is 11.8 Å². The van der Waals surface area contributed by atoms with E-state index in [2.05, 4.69) is 102 Å². The first-order valence-electron chi connectivity index (χ1n) is 12.5. The second-order valence-electron chi connectivity index (χ2n) is 10.4. The highest BCUT2D eigenvalue weighted by atomic mass is 14.2. The lowest BCUT2D eigenvalue weighted by Crippen LogP contribution is -2.07. The van der Waals surface area contributed by atoms with Crippen molar-refractivity contribution in [3.8, 4) is 0 Å². The Morgan fingerprint density at radius 1 is 0.531 bits per heavy atom. The molecule has 0 aliphatic heterocycles. The molecule has 0 spiro atoms. The van der Waals surface area contributed by atoms with Crippen LogP contribution in [0, 0.1) is 39.5 Å². The lowest BCUT2D eigenvalue weighted by molar-refractivity contribution is 0.518. The van der Waals surface area contributed by atoms with E-state index in [1.807, 2.05) is 0 Å². The maximum atomic E-state index is 2.47. The van der Waals surface area contributed by atoms with Gasteiger partial charge >= 0.3 is 0 Å². The zero-order chi connectivity index (χ0) is 23.1. The van der Waals surface area contributed by atoms with E-state index in [0.717, 1.165) is 0 Å². The average molecular weight is 427 g/mol. The zero-order valence-electron chi connectivity index (χ0n) is 21.2. The maximum Gasteiger partial charge on any atom is -0.0253 e. The molecule has 0 aliphatic rings. The molecule has 3 aromatic rings. The Hall–Kier alpha value is -2.34. The van der Waals surface area contributed by atoms with Gasteiger partial charge in [0.25, 0.3) is 0 Å². The molecule has 0 heteroatoms. The molecule has 3 aromatic carbocycles. The molecule has 0 amide bonds. The summed E-state index contributed by atoms with van der Waals surface area (Å²) in [6, 6.07) is 23.1. The number of hydrogen-bond acceptors (Lipinski definition) is 0. The van der Waals surface area contributed by atoms with Crippen LogP contribution in [0.5, 0.6) is 0 Å². The van der Waals surface area contributed by atoms with E-state index in [1.165, 1.54) is 71.9 Å². The average Bonchev–Trinajstić information content (AvgIpc) is 2.76. The Kier molecular flexibility index (Phi) is 8.74. The predicted molar refractivity (Wildman–Crippen MR) is 141 cm³/mol. The van der Waals surface area contributed by atoms with E-state index in [-0.39, 0.29) is 0 Å². The van der Waals surface area contributed by atoms with Gasteiger partial charge in [0.1, 0.15) is 0 Å². The molecule has 2 unspecified atom stereocenters. The van der Waals surface area contributed by atoms with E-state index in [1.54, 1.807) is 11.1 Å². The van der Waals surface area contributed by atoms with Gasteiger partial charge in [-0.15, -0.1) is 0 Å². The maximum absolute atomic E-state index is 2.47. The van der Waals surface area contributed by atoms with Crippen molar-refractivity contribution in [3.05, 3.63) is 105 Å². The number of rotatable bonds is 10. The summed E-state index contributed by atoms with van der Waals surface area (Å²) in [5, 5.41) is 0. The van der Waals surface area contributed by atoms with Crippen LogP contribution in [0.2, 0.25) is 0 Å². The van der Waals surface area contributed by atoms with Crippen LogP contribution in [0.4, 0.5) is 0 Å². The van der Waals surface area contributed by atoms with Crippen LogP contribution in [-0.4, -0.2) is 0 Å². The molecule has 0 N–H and O–H groups in total. The standard InChI is InChI=1S/C32H42/c1-23-7-13-29(14-8-23)19-25(3)11-17-31-21-27(5)28(6)22-32(31)18-12-26(4)20-30-15-9-24(2)10-16-30/h7-10,13-16,21-22,25-26H,11-12,17-20H2,1-6H3. The van der Waals surface area contributed by atoms with Crippen molar-refractivity contribution < 1.29 is 0 Å². The molecule has 0 saturated heterocycles. The molecule has 0 fully saturated rings. The van der Waals surface area contributed by atoms with Gasteiger partial charge in [0.05, 0.1) is 0 Å². The zero-order valence-corrected chi connectivity index (χ0v) is 21.2. The van der Waals surface area contributed by atoms with Crippen LogP contribution in [0.15, 0.2) is 60.7 Å². The lowest BCUT2D eigenvalue weighted by Gasteiger charge is -2.18. The Bertz CT molecular complexity index is 893. The Balaban J connectivity index is 1.59. The number of benzene rings is 3. The summed E-state index contributed by atoms with van der Waals surface area (Å²) >= 11 is 0. The fraction of sp³-hybridized carbons (Fsp3) is 0.438. The van der Waals surface area contributed by atoms with Crippen molar-refractivity contribution in [2.75, 3.05) is 0 Å².